The molecule has 48 heavy (non-hydrogen) atoms. The monoisotopic (exact) mass is 665 g/mol. The number of carbonyl (C=O) groups is 4. The molecule has 2 aromatic rings. The number of aromatic nitrogens is 1. The first-order valence-electron chi connectivity index (χ1n) is 16.4. The third-order valence-corrected chi connectivity index (χ3v) is 8.94. The molecule has 1 saturated carbocycles. The molecule has 0 bridgehead atoms. The lowest BCUT2D eigenvalue weighted by molar-refractivity contribution is -0.146. The number of nitrogens with one attached hydrogen (secondary N) is 2. The zero-order valence-corrected chi connectivity index (χ0v) is 28.6. The van der Waals surface area contributed by atoms with Crippen LogP contribution in [0, 0.1) is 11.3 Å². The number of amides is 3. The van der Waals surface area contributed by atoms with Crippen LogP contribution in [0.5, 0.6) is 5.75 Å². The summed E-state index contributed by atoms with van der Waals surface area (Å²) in [5.74, 6) is -1.43. The minimum atomic E-state index is -1.49. The number of carboxylic acid groups (broad SMARTS) is 1. The number of nitrogens with zero attached hydrogens (tertiary/aromatic N) is 3. The van der Waals surface area contributed by atoms with E-state index in [4.69, 9.17) is 19.2 Å². The number of para-hydroxylation sites is 1. The van der Waals surface area contributed by atoms with Gasteiger partial charge in [0.2, 0.25) is 11.8 Å². The molecule has 1 aromatic heterocycles. The predicted molar refractivity (Wildman–Crippen MR) is 179 cm³/mol. The molecular weight excluding hydrogens is 618 g/mol. The second-order valence-corrected chi connectivity index (χ2v) is 14.8. The van der Waals surface area contributed by atoms with Gasteiger partial charge < -0.3 is 39.8 Å². The molecular formula is C35H47N5O8. The fourth-order valence-electron chi connectivity index (χ4n) is 6.30. The van der Waals surface area contributed by atoms with Crippen LogP contribution in [0.4, 0.5) is 10.6 Å². The summed E-state index contributed by atoms with van der Waals surface area (Å²) in [4.78, 5) is 61.8. The van der Waals surface area contributed by atoms with Gasteiger partial charge in [0.15, 0.2) is 0 Å². The highest BCUT2D eigenvalue weighted by molar-refractivity contribution is 5.96. The number of carbonyl (C=O) groups excluding carboxylic acids is 3. The molecule has 3 N–H and O–H groups in total. The summed E-state index contributed by atoms with van der Waals surface area (Å²) in [5, 5.41) is 16.2. The molecule has 5 rings (SSSR count). The highest BCUT2D eigenvalue weighted by Crippen LogP contribution is 2.45. The normalized spacial score (nSPS) is 24.8. The predicted octanol–water partition coefficient (Wildman–Crippen LogP) is 3.50. The molecule has 2 saturated heterocycles. The maximum Gasteiger partial charge on any atom is 0.408 e. The molecule has 3 amide bonds. The van der Waals surface area contributed by atoms with Gasteiger partial charge in [-0.05, 0) is 44.7 Å². The first-order valence-corrected chi connectivity index (χ1v) is 16.4. The number of carboxylic acids is 1. The molecule has 0 radical (unpaired) electrons. The quantitative estimate of drug-likeness (QED) is 0.339. The number of fused-ring (bicyclic) bond motifs is 1. The zero-order valence-electron chi connectivity index (χ0n) is 28.6. The third kappa shape index (κ3) is 7.51. The Hall–Kier alpha value is -4.39. The lowest BCUT2D eigenvalue weighted by Gasteiger charge is -2.35. The first-order chi connectivity index (χ1) is 22.5. The molecule has 2 aliphatic heterocycles. The molecule has 13 nitrogen and oxygen atoms in total. The van der Waals surface area contributed by atoms with Crippen molar-refractivity contribution < 1.29 is 38.5 Å². The molecule has 3 fully saturated rings. The maximum absolute atomic E-state index is 14.4. The second kappa shape index (κ2) is 13.3. The number of benzene rings is 1. The van der Waals surface area contributed by atoms with Crippen LogP contribution in [0.1, 0.15) is 54.4 Å². The topological polar surface area (TPSA) is 160 Å². The van der Waals surface area contributed by atoms with Crippen molar-refractivity contribution in [3.05, 3.63) is 43.0 Å². The van der Waals surface area contributed by atoms with E-state index in [-0.39, 0.29) is 19.4 Å². The smallest absolute Gasteiger partial charge is 0.408 e. The Kier molecular flexibility index (Phi) is 9.64. The Labute approximate surface area is 281 Å². The number of morpholine rings is 1. The SMILES string of the molecule is C=C[C@H]1CC1(NC(=O)[C@@H]1C[C@@H](Oc2cc(N3CCOCC3)nc3ccccc23)CN1C(=O)[C@@H](NC(=O)OC(C)(C)C)C(C)(C)C)C(=O)O. The van der Waals surface area contributed by atoms with Crippen molar-refractivity contribution in [2.75, 3.05) is 37.7 Å². The van der Waals surface area contributed by atoms with Gasteiger partial charge in [-0.15, -0.1) is 6.58 Å². The van der Waals surface area contributed by atoms with Crippen LogP contribution >= 0.6 is 0 Å². The fraction of sp³-hybridized carbons (Fsp3) is 0.571. The number of alkyl carbamates (subject to hydrolysis) is 1. The summed E-state index contributed by atoms with van der Waals surface area (Å²) in [6.07, 6.45) is 0.415. The number of pyridine rings is 1. The van der Waals surface area contributed by atoms with Gasteiger partial charge in [0.25, 0.3) is 0 Å². The van der Waals surface area contributed by atoms with Crippen molar-refractivity contribution in [3.63, 3.8) is 0 Å². The van der Waals surface area contributed by atoms with Crippen LogP contribution in [0.3, 0.4) is 0 Å². The van der Waals surface area contributed by atoms with Crippen LogP contribution in [-0.2, 0) is 23.9 Å². The Morgan fingerprint density at radius 3 is 2.42 bits per heavy atom. The molecule has 1 unspecified atom stereocenters. The van der Waals surface area contributed by atoms with E-state index in [1.807, 2.05) is 30.3 Å². The van der Waals surface area contributed by atoms with Gasteiger partial charge in [-0.1, -0.05) is 39.0 Å². The molecule has 260 valence electrons. The van der Waals surface area contributed by atoms with E-state index in [0.717, 1.165) is 16.7 Å². The van der Waals surface area contributed by atoms with E-state index in [1.54, 1.807) is 41.5 Å². The molecule has 13 heteroatoms. The van der Waals surface area contributed by atoms with Gasteiger partial charge in [-0.25, -0.2) is 14.6 Å². The summed E-state index contributed by atoms with van der Waals surface area (Å²) in [6, 6.07) is 7.33. The lowest BCUT2D eigenvalue weighted by Crippen LogP contribution is -2.59. The van der Waals surface area contributed by atoms with Crippen molar-refractivity contribution in [2.45, 2.75) is 83.7 Å². The lowest BCUT2D eigenvalue weighted by atomic mass is 9.85. The van der Waals surface area contributed by atoms with Gasteiger partial charge in [0.05, 0.1) is 25.3 Å². The number of hydrogen-bond acceptors (Lipinski definition) is 9. The van der Waals surface area contributed by atoms with Gasteiger partial charge in [0.1, 0.15) is 40.9 Å². The summed E-state index contributed by atoms with van der Waals surface area (Å²) in [6.45, 7) is 16.8. The van der Waals surface area contributed by atoms with Crippen LogP contribution in [0.25, 0.3) is 10.9 Å². The number of rotatable bonds is 9. The maximum atomic E-state index is 14.4. The van der Waals surface area contributed by atoms with E-state index in [9.17, 15) is 24.3 Å². The molecule has 3 heterocycles. The van der Waals surface area contributed by atoms with Crippen molar-refractivity contribution in [2.24, 2.45) is 11.3 Å². The van der Waals surface area contributed by atoms with E-state index in [2.05, 4.69) is 22.1 Å². The summed E-state index contributed by atoms with van der Waals surface area (Å²) >= 11 is 0. The number of hydrogen-bond donors (Lipinski definition) is 3. The average molecular weight is 666 g/mol. The van der Waals surface area contributed by atoms with E-state index in [1.165, 1.54) is 11.0 Å². The average Bonchev–Trinajstić information content (AvgIpc) is 3.58. The Morgan fingerprint density at radius 2 is 1.81 bits per heavy atom. The van der Waals surface area contributed by atoms with Crippen molar-refractivity contribution in [1.29, 1.82) is 0 Å². The Balaban J connectivity index is 1.46. The minimum Gasteiger partial charge on any atom is -0.488 e. The summed E-state index contributed by atoms with van der Waals surface area (Å²) < 4.78 is 17.6. The van der Waals surface area contributed by atoms with Gasteiger partial charge in [-0.3, -0.25) is 9.59 Å². The van der Waals surface area contributed by atoms with Crippen molar-refractivity contribution >= 4 is 40.6 Å². The van der Waals surface area contributed by atoms with Gasteiger partial charge in [-0.2, -0.15) is 0 Å². The Morgan fingerprint density at radius 1 is 1.12 bits per heavy atom. The zero-order chi connectivity index (χ0) is 35.0. The Bertz CT molecular complexity index is 1580. The number of aliphatic carboxylic acids is 1. The van der Waals surface area contributed by atoms with Crippen LogP contribution < -0.4 is 20.3 Å². The van der Waals surface area contributed by atoms with Crippen molar-refractivity contribution in [3.8, 4) is 5.75 Å². The molecule has 3 aliphatic rings. The van der Waals surface area contributed by atoms with Crippen LogP contribution in [-0.4, -0.2) is 101 Å². The number of ether oxygens (including phenoxy) is 3. The summed E-state index contributed by atoms with van der Waals surface area (Å²) in [5.41, 5.74) is -2.32. The van der Waals surface area contributed by atoms with E-state index >= 15 is 0 Å². The largest absolute Gasteiger partial charge is 0.488 e. The minimum absolute atomic E-state index is 0.0218. The van der Waals surface area contributed by atoms with E-state index in [0.29, 0.717) is 32.1 Å². The first kappa shape index (κ1) is 34.9. The highest BCUT2D eigenvalue weighted by Gasteiger charge is 2.61. The number of likely N-dealkylation sites (tertiary alicyclic amines) is 1. The van der Waals surface area contributed by atoms with Crippen LogP contribution in [0.15, 0.2) is 43.0 Å². The number of anilines is 1. The summed E-state index contributed by atoms with van der Waals surface area (Å²) in [7, 11) is 0. The molecule has 1 aromatic carbocycles. The van der Waals surface area contributed by atoms with Crippen molar-refractivity contribution in [1.82, 2.24) is 20.5 Å². The van der Waals surface area contributed by atoms with Crippen LogP contribution in [0.2, 0.25) is 0 Å². The molecule has 1 aliphatic carbocycles. The highest BCUT2D eigenvalue weighted by atomic mass is 16.6. The van der Waals surface area contributed by atoms with E-state index < -0.39 is 64.5 Å². The standard InChI is InChI=1S/C35H47N5O8/c1-8-21-19-35(21,31(43)44)38-29(41)25-17-22(20-40(25)30(42)28(33(2,3)4)37-32(45)48-34(5,6)7)47-26-18-27(39-13-15-46-16-14-39)36-24-12-10-9-11-23(24)26/h8-12,18,21-22,25,28H,1,13-17,19-20H2,2-7H3,(H,37,45)(H,38,41)(H,43,44)/t21-,22+,25-,28+,35?/m0/s1. The van der Waals surface area contributed by atoms with Gasteiger partial charge >= 0.3 is 12.1 Å². The molecule has 0 spiro atoms. The van der Waals surface area contributed by atoms with Gasteiger partial charge in [0, 0.05) is 36.9 Å². The second-order valence-electron chi connectivity index (χ2n) is 14.8. The fourth-order valence-corrected chi connectivity index (χ4v) is 6.30. The molecule has 5 atom stereocenters. The third-order valence-electron chi connectivity index (χ3n) is 8.94.